The van der Waals surface area contributed by atoms with E-state index in [0.717, 1.165) is 23.4 Å². The first-order valence-electron chi connectivity index (χ1n) is 7.31. The van der Waals surface area contributed by atoms with Gasteiger partial charge in [-0.3, -0.25) is 10.1 Å². The molecule has 0 saturated carbocycles. The van der Waals surface area contributed by atoms with Crippen molar-refractivity contribution in [1.82, 2.24) is 5.32 Å². The summed E-state index contributed by atoms with van der Waals surface area (Å²) < 4.78 is 0. The summed E-state index contributed by atoms with van der Waals surface area (Å²) in [6, 6.07) is 18.3. The summed E-state index contributed by atoms with van der Waals surface area (Å²) in [4.78, 5) is 14.1. The summed E-state index contributed by atoms with van der Waals surface area (Å²) >= 11 is 0. The lowest BCUT2D eigenvalue weighted by molar-refractivity contribution is -0.117. The average Bonchev–Trinajstić information content (AvgIpc) is 2.48. The summed E-state index contributed by atoms with van der Waals surface area (Å²) in [5.74, 6) is 0.0649. The van der Waals surface area contributed by atoms with Crippen molar-refractivity contribution < 1.29 is 4.79 Å². The third-order valence-corrected chi connectivity index (χ3v) is 3.90. The van der Waals surface area contributed by atoms with Gasteiger partial charge < -0.3 is 4.90 Å². The maximum atomic E-state index is 12.3. The molecule has 1 heterocycles. The van der Waals surface area contributed by atoms with Gasteiger partial charge in [0.25, 0.3) is 0 Å². The number of amides is 1. The number of hydrogen-bond acceptors (Lipinski definition) is 1. The molecule has 0 saturated heterocycles. The van der Waals surface area contributed by atoms with Crippen LogP contribution in [0.15, 0.2) is 54.6 Å². The summed E-state index contributed by atoms with van der Waals surface area (Å²) in [5, 5.41) is 4.69. The fourth-order valence-corrected chi connectivity index (χ4v) is 3.04. The minimum atomic E-state index is 0.0496. The minimum absolute atomic E-state index is 0.0496. The summed E-state index contributed by atoms with van der Waals surface area (Å²) in [6.45, 7) is 3.73. The van der Waals surface area contributed by atoms with E-state index >= 15 is 0 Å². The normalized spacial score (nSPS) is 20.3. The van der Waals surface area contributed by atoms with E-state index in [2.05, 4.69) is 13.0 Å². The molecule has 0 spiro atoms. The van der Waals surface area contributed by atoms with Crippen LogP contribution in [0.3, 0.4) is 0 Å². The van der Waals surface area contributed by atoms with Gasteiger partial charge in [0.15, 0.2) is 0 Å². The van der Waals surface area contributed by atoms with Crippen molar-refractivity contribution in [2.45, 2.75) is 32.4 Å². The van der Waals surface area contributed by atoms with Crippen LogP contribution in [0.1, 0.15) is 31.9 Å². The molecule has 0 unspecified atom stereocenters. The average molecular weight is 279 g/mol. The molecular formula is C18H19N2O. The molecule has 1 aliphatic rings. The van der Waals surface area contributed by atoms with E-state index in [1.54, 1.807) is 6.92 Å². The third-order valence-electron chi connectivity index (χ3n) is 3.90. The Labute approximate surface area is 125 Å². The maximum absolute atomic E-state index is 12.3. The van der Waals surface area contributed by atoms with Crippen LogP contribution in [0, 0.1) is 0 Å². The monoisotopic (exact) mass is 279 g/mol. The molecule has 0 bridgehead atoms. The molecule has 2 aromatic carbocycles. The molecule has 1 aliphatic heterocycles. The highest BCUT2D eigenvalue weighted by atomic mass is 16.2. The van der Waals surface area contributed by atoms with E-state index in [1.165, 1.54) is 0 Å². The highest BCUT2D eigenvalue weighted by Gasteiger charge is 2.32. The molecule has 3 nitrogen and oxygen atoms in total. The Morgan fingerprint density at radius 1 is 1.10 bits per heavy atom. The number of benzene rings is 2. The molecule has 107 valence electrons. The van der Waals surface area contributed by atoms with Crippen LogP contribution >= 0.6 is 0 Å². The number of anilines is 1. The Morgan fingerprint density at radius 3 is 2.48 bits per heavy atom. The van der Waals surface area contributed by atoms with E-state index in [4.69, 9.17) is 5.32 Å². The van der Waals surface area contributed by atoms with Crippen molar-refractivity contribution in [3.8, 4) is 0 Å². The lowest BCUT2D eigenvalue weighted by Crippen LogP contribution is -2.38. The van der Waals surface area contributed by atoms with Gasteiger partial charge >= 0.3 is 0 Å². The van der Waals surface area contributed by atoms with Crippen LogP contribution < -0.4 is 10.2 Å². The second-order valence-corrected chi connectivity index (χ2v) is 5.51. The SMILES string of the molecule is CC(=O)N(c1ccccc1)[C@H]1C[C@@H](C)[N]c2ccccc21. The van der Waals surface area contributed by atoms with E-state index < -0.39 is 0 Å². The fourth-order valence-electron chi connectivity index (χ4n) is 3.04. The topological polar surface area (TPSA) is 34.4 Å². The molecule has 2 aromatic rings. The van der Waals surface area contributed by atoms with Crippen LogP contribution in [-0.2, 0) is 4.79 Å². The number of para-hydroxylation sites is 2. The molecule has 0 fully saturated rings. The van der Waals surface area contributed by atoms with Gasteiger partial charge in [-0.05, 0) is 31.5 Å². The van der Waals surface area contributed by atoms with Crippen molar-refractivity contribution in [2.24, 2.45) is 0 Å². The van der Waals surface area contributed by atoms with Crippen LogP contribution in [0.2, 0.25) is 0 Å². The van der Waals surface area contributed by atoms with Gasteiger partial charge in [-0.25, -0.2) is 0 Å². The first-order valence-corrected chi connectivity index (χ1v) is 7.31. The van der Waals surface area contributed by atoms with E-state index in [1.807, 2.05) is 53.4 Å². The smallest absolute Gasteiger partial charge is 0.224 e. The number of rotatable bonds is 2. The molecule has 21 heavy (non-hydrogen) atoms. The Hall–Kier alpha value is -2.29. The quantitative estimate of drug-likeness (QED) is 0.823. The van der Waals surface area contributed by atoms with E-state index in [-0.39, 0.29) is 18.0 Å². The number of nitrogens with zero attached hydrogens (tertiary/aromatic N) is 2. The second kappa shape index (κ2) is 5.60. The first kappa shape index (κ1) is 13.7. The molecule has 3 heteroatoms. The van der Waals surface area contributed by atoms with Gasteiger partial charge in [-0.15, -0.1) is 0 Å². The summed E-state index contributed by atoms with van der Waals surface area (Å²) in [6.07, 6.45) is 0.853. The zero-order chi connectivity index (χ0) is 14.8. The Balaban J connectivity index is 2.06. The van der Waals surface area contributed by atoms with Gasteiger partial charge in [0.05, 0.1) is 17.8 Å². The standard InChI is InChI=1S/C18H19N2O/c1-13-12-18(16-10-6-7-11-17(16)19-13)20(14(2)21)15-8-4-3-5-9-15/h3-11,13,18H,12H2,1-2H3/t13-,18+/m1/s1. The highest BCUT2D eigenvalue weighted by molar-refractivity contribution is 5.92. The fraction of sp³-hybridized carbons (Fsp3) is 0.278. The predicted octanol–water partition coefficient (Wildman–Crippen LogP) is 3.81. The molecular weight excluding hydrogens is 260 g/mol. The van der Waals surface area contributed by atoms with Gasteiger partial charge in [-0.1, -0.05) is 36.4 Å². The minimum Gasteiger partial charge on any atom is -0.305 e. The molecule has 0 aliphatic carbocycles. The number of carbonyl (C=O) groups is 1. The molecule has 1 radical (unpaired) electrons. The molecule has 2 atom stereocenters. The molecule has 1 amide bonds. The Kier molecular flexibility index (Phi) is 3.65. The van der Waals surface area contributed by atoms with E-state index in [9.17, 15) is 4.79 Å². The van der Waals surface area contributed by atoms with Crippen molar-refractivity contribution >= 4 is 17.3 Å². The Bertz CT molecular complexity index is 639. The van der Waals surface area contributed by atoms with Crippen molar-refractivity contribution in [1.29, 1.82) is 0 Å². The number of hydrogen-bond donors (Lipinski definition) is 0. The summed E-state index contributed by atoms with van der Waals surface area (Å²) in [5.41, 5.74) is 3.08. The molecule has 0 N–H and O–H groups in total. The van der Waals surface area contributed by atoms with Gasteiger partial charge in [0, 0.05) is 18.2 Å². The summed E-state index contributed by atoms with van der Waals surface area (Å²) in [7, 11) is 0. The van der Waals surface area contributed by atoms with E-state index in [0.29, 0.717) is 0 Å². The van der Waals surface area contributed by atoms with Gasteiger partial charge in [0.2, 0.25) is 5.91 Å². The second-order valence-electron chi connectivity index (χ2n) is 5.51. The Morgan fingerprint density at radius 2 is 1.76 bits per heavy atom. The lowest BCUT2D eigenvalue weighted by Gasteiger charge is -2.37. The van der Waals surface area contributed by atoms with Crippen LogP contribution in [0.4, 0.5) is 11.4 Å². The van der Waals surface area contributed by atoms with Crippen LogP contribution in [-0.4, -0.2) is 11.9 Å². The zero-order valence-electron chi connectivity index (χ0n) is 12.4. The third kappa shape index (κ3) is 2.64. The van der Waals surface area contributed by atoms with Crippen molar-refractivity contribution in [3.63, 3.8) is 0 Å². The van der Waals surface area contributed by atoms with Gasteiger partial charge in [-0.2, -0.15) is 0 Å². The predicted molar refractivity (Wildman–Crippen MR) is 84.7 cm³/mol. The molecule has 0 aromatic heterocycles. The first-order chi connectivity index (χ1) is 10.2. The largest absolute Gasteiger partial charge is 0.305 e. The number of carbonyl (C=O) groups excluding carboxylic acids is 1. The zero-order valence-corrected chi connectivity index (χ0v) is 12.4. The van der Waals surface area contributed by atoms with Gasteiger partial charge in [0.1, 0.15) is 0 Å². The van der Waals surface area contributed by atoms with Crippen LogP contribution in [0.25, 0.3) is 0 Å². The van der Waals surface area contributed by atoms with Crippen LogP contribution in [0.5, 0.6) is 0 Å². The molecule has 3 rings (SSSR count). The van der Waals surface area contributed by atoms with Crippen molar-refractivity contribution in [2.75, 3.05) is 4.90 Å². The maximum Gasteiger partial charge on any atom is 0.224 e. The highest BCUT2D eigenvalue weighted by Crippen LogP contribution is 2.38. The lowest BCUT2D eigenvalue weighted by atomic mass is 9.92. The number of fused-ring (bicyclic) bond motifs is 1. The van der Waals surface area contributed by atoms with Crippen molar-refractivity contribution in [3.05, 3.63) is 60.2 Å².